The quantitative estimate of drug-likeness (QED) is 0.610. The summed E-state index contributed by atoms with van der Waals surface area (Å²) in [6, 6.07) is 16.4. The number of hydrogen-bond acceptors (Lipinski definition) is 5. The van der Waals surface area contributed by atoms with Gasteiger partial charge < -0.3 is 4.90 Å². The lowest BCUT2D eigenvalue weighted by Gasteiger charge is -2.24. The van der Waals surface area contributed by atoms with Crippen molar-refractivity contribution in [1.82, 2.24) is 19.7 Å². The van der Waals surface area contributed by atoms with Crippen LogP contribution in [-0.4, -0.2) is 43.6 Å². The smallest absolute Gasteiger partial charge is 0.234 e. The van der Waals surface area contributed by atoms with E-state index in [1.807, 2.05) is 34.9 Å². The number of hydrogen-bond donors (Lipinski definition) is 0. The molecule has 2 aromatic carbocycles. The van der Waals surface area contributed by atoms with Gasteiger partial charge in [0.25, 0.3) is 0 Å². The Hall–Kier alpha value is -2.32. The van der Waals surface area contributed by atoms with Gasteiger partial charge in [-0.1, -0.05) is 48.2 Å². The van der Waals surface area contributed by atoms with Gasteiger partial charge in [-0.25, -0.2) is 4.39 Å². The summed E-state index contributed by atoms with van der Waals surface area (Å²) in [7, 11) is 0. The largest absolute Gasteiger partial charge is 0.325 e. The van der Waals surface area contributed by atoms with Crippen LogP contribution < -0.4 is 0 Å². The van der Waals surface area contributed by atoms with Crippen LogP contribution in [0.5, 0.6) is 0 Å². The summed E-state index contributed by atoms with van der Waals surface area (Å²) < 4.78 is 16.0. The monoisotopic (exact) mass is 400 g/mol. The van der Waals surface area contributed by atoms with Crippen molar-refractivity contribution in [1.29, 1.82) is 0 Å². The molecule has 0 spiro atoms. The van der Waals surface area contributed by atoms with Crippen molar-refractivity contribution >= 4 is 29.4 Å². The minimum absolute atomic E-state index is 0.0270. The van der Waals surface area contributed by atoms with Gasteiger partial charge >= 0.3 is 0 Å². The lowest BCUT2D eigenvalue weighted by atomic mass is 10.2. The lowest BCUT2D eigenvalue weighted by molar-refractivity contribution is -0.128. The predicted octanol–water partition coefficient (Wildman–Crippen LogP) is 3.77. The number of amides is 1. The third-order valence-electron chi connectivity index (χ3n) is 4.26. The summed E-state index contributed by atoms with van der Waals surface area (Å²) >= 11 is 2.93. The molecule has 0 N–H and O–H groups in total. The van der Waals surface area contributed by atoms with Gasteiger partial charge in [0.05, 0.1) is 5.75 Å². The Morgan fingerprint density at radius 3 is 2.78 bits per heavy atom. The van der Waals surface area contributed by atoms with Gasteiger partial charge in [-0.15, -0.1) is 22.0 Å². The first kappa shape index (κ1) is 18.1. The average Bonchev–Trinajstić information content (AvgIpc) is 3.37. The van der Waals surface area contributed by atoms with E-state index in [1.54, 1.807) is 41.2 Å². The van der Waals surface area contributed by atoms with E-state index in [9.17, 15) is 9.18 Å². The van der Waals surface area contributed by atoms with Crippen LogP contribution in [-0.2, 0) is 4.79 Å². The molecule has 138 valence electrons. The van der Waals surface area contributed by atoms with Gasteiger partial charge in [-0.05, 0) is 18.2 Å². The lowest BCUT2D eigenvalue weighted by Crippen LogP contribution is -2.32. The molecule has 8 heteroatoms. The highest BCUT2D eigenvalue weighted by Crippen LogP contribution is 2.39. The van der Waals surface area contributed by atoms with Gasteiger partial charge in [0.2, 0.25) is 5.91 Å². The second-order valence-corrected chi connectivity index (χ2v) is 8.07. The zero-order valence-corrected chi connectivity index (χ0v) is 16.0. The number of carbonyl (C=O) groups excluding carboxylic acids is 1. The van der Waals surface area contributed by atoms with E-state index >= 15 is 0 Å². The van der Waals surface area contributed by atoms with Crippen molar-refractivity contribution < 1.29 is 9.18 Å². The molecule has 1 aliphatic rings. The molecule has 1 saturated heterocycles. The molecule has 0 saturated carbocycles. The first-order valence-corrected chi connectivity index (χ1v) is 10.5. The Morgan fingerprint density at radius 2 is 1.96 bits per heavy atom. The fraction of sp³-hybridized carbons (Fsp3) is 0.211. The van der Waals surface area contributed by atoms with Crippen molar-refractivity contribution in [3.05, 3.63) is 72.3 Å². The van der Waals surface area contributed by atoms with Crippen LogP contribution in [0.1, 0.15) is 10.9 Å². The molecule has 1 atom stereocenters. The molecule has 1 aromatic heterocycles. The standard InChI is InChI=1S/C19H17FN4OS2/c20-16-9-5-4-8-15(16)18-23(10-11-26-18)17(25)12-27-19-22-21-13-24(19)14-6-2-1-3-7-14/h1-9,13,18H,10-12H2. The zero-order chi connectivity index (χ0) is 18.6. The second-order valence-electron chi connectivity index (χ2n) is 5.94. The Morgan fingerprint density at radius 1 is 1.19 bits per heavy atom. The molecular formula is C19H17FN4OS2. The molecule has 1 fully saturated rings. The maximum Gasteiger partial charge on any atom is 0.234 e. The second kappa shape index (κ2) is 8.14. The summed E-state index contributed by atoms with van der Waals surface area (Å²) in [6.07, 6.45) is 1.63. The number of nitrogens with zero attached hydrogens (tertiary/aromatic N) is 4. The Labute approximate surface area is 165 Å². The molecule has 4 rings (SSSR count). The Bertz CT molecular complexity index is 934. The molecule has 2 heterocycles. The van der Waals surface area contributed by atoms with Gasteiger partial charge in [-0.2, -0.15) is 0 Å². The summed E-state index contributed by atoms with van der Waals surface area (Å²) in [6.45, 7) is 0.619. The van der Waals surface area contributed by atoms with Crippen molar-refractivity contribution in [2.45, 2.75) is 10.5 Å². The fourth-order valence-corrected chi connectivity index (χ4v) is 5.07. The third-order valence-corrected chi connectivity index (χ3v) is 6.43. The van der Waals surface area contributed by atoms with Crippen molar-refractivity contribution in [3.8, 4) is 5.69 Å². The van der Waals surface area contributed by atoms with Gasteiger partial charge in [0, 0.05) is 23.5 Å². The Balaban J connectivity index is 1.46. The molecule has 0 radical (unpaired) electrons. The minimum Gasteiger partial charge on any atom is -0.325 e. The highest BCUT2D eigenvalue weighted by molar-refractivity contribution is 8.00. The van der Waals surface area contributed by atoms with Gasteiger partial charge in [-0.3, -0.25) is 9.36 Å². The molecule has 27 heavy (non-hydrogen) atoms. The highest BCUT2D eigenvalue weighted by Gasteiger charge is 2.32. The molecular weight excluding hydrogens is 383 g/mol. The van der Waals surface area contributed by atoms with Crippen LogP contribution in [0, 0.1) is 5.82 Å². The van der Waals surface area contributed by atoms with E-state index < -0.39 is 0 Å². The first-order valence-electron chi connectivity index (χ1n) is 8.48. The summed E-state index contributed by atoms with van der Waals surface area (Å²) in [5.41, 5.74) is 1.50. The Kier molecular flexibility index (Phi) is 5.45. The van der Waals surface area contributed by atoms with Gasteiger partial charge in [0.15, 0.2) is 5.16 Å². The van der Waals surface area contributed by atoms with Crippen LogP contribution in [0.4, 0.5) is 4.39 Å². The molecule has 0 bridgehead atoms. The molecule has 3 aromatic rings. The van der Waals surface area contributed by atoms with Crippen LogP contribution in [0.15, 0.2) is 66.1 Å². The van der Waals surface area contributed by atoms with Crippen molar-refractivity contribution in [2.75, 3.05) is 18.1 Å². The molecule has 1 unspecified atom stereocenters. The number of para-hydroxylation sites is 1. The van der Waals surface area contributed by atoms with E-state index in [4.69, 9.17) is 0 Å². The number of carbonyl (C=O) groups is 1. The van der Waals surface area contributed by atoms with E-state index in [1.165, 1.54) is 17.8 Å². The molecule has 5 nitrogen and oxygen atoms in total. The van der Waals surface area contributed by atoms with Gasteiger partial charge in [0.1, 0.15) is 17.5 Å². The maximum atomic E-state index is 14.1. The van der Waals surface area contributed by atoms with Crippen LogP contribution in [0.25, 0.3) is 5.69 Å². The summed E-state index contributed by atoms with van der Waals surface area (Å²) in [5.74, 6) is 0.735. The number of aromatic nitrogens is 3. The SMILES string of the molecule is O=C(CSc1nncn1-c1ccccc1)N1CCSC1c1ccccc1F. The van der Waals surface area contributed by atoms with Crippen molar-refractivity contribution in [2.24, 2.45) is 0 Å². The summed E-state index contributed by atoms with van der Waals surface area (Å²) in [4.78, 5) is 14.5. The maximum absolute atomic E-state index is 14.1. The van der Waals surface area contributed by atoms with Crippen molar-refractivity contribution in [3.63, 3.8) is 0 Å². The third kappa shape index (κ3) is 3.86. The van der Waals surface area contributed by atoms with Crippen LogP contribution in [0.2, 0.25) is 0 Å². The zero-order valence-electron chi connectivity index (χ0n) is 14.4. The average molecular weight is 401 g/mol. The number of benzene rings is 2. The molecule has 0 aliphatic carbocycles. The fourth-order valence-electron chi connectivity index (χ4n) is 2.96. The number of rotatable bonds is 5. The number of halogens is 1. The van der Waals surface area contributed by atoms with E-state index in [0.29, 0.717) is 17.3 Å². The summed E-state index contributed by atoms with van der Waals surface area (Å²) in [5, 5.41) is 8.47. The molecule has 1 amide bonds. The first-order chi connectivity index (χ1) is 13.2. The number of thioether (sulfide) groups is 2. The van der Waals surface area contributed by atoms with E-state index in [0.717, 1.165) is 11.4 Å². The highest BCUT2D eigenvalue weighted by atomic mass is 32.2. The topological polar surface area (TPSA) is 51.0 Å². The predicted molar refractivity (Wildman–Crippen MR) is 105 cm³/mol. The van der Waals surface area contributed by atoms with E-state index in [2.05, 4.69) is 10.2 Å². The molecule has 1 aliphatic heterocycles. The van der Waals surface area contributed by atoms with E-state index in [-0.39, 0.29) is 22.9 Å². The van der Waals surface area contributed by atoms with Crippen LogP contribution in [0.3, 0.4) is 0 Å². The normalized spacial score (nSPS) is 16.6. The minimum atomic E-state index is -0.272. The van der Waals surface area contributed by atoms with Crippen LogP contribution >= 0.6 is 23.5 Å².